The van der Waals surface area contributed by atoms with Crippen LogP contribution in [0.4, 0.5) is 0 Å². The van der Waals surface area contributed by atoms with Gasteiger partial charge in [-0.15, -0.1) is 0 Å². The van der Waals surface area contributed by atoms with E-state index in [2.05, 4.69) is 29.5 Å². The van der Waals surface area contributed by atoms with Crippen LogP contribution < -0.4 is 10.6 Å². The van der Waals surface area contributed by atoms with Crippen LogP contribution in [0.3, 0.4) is 0 Å². The van der Waals surface area contributed by atoms with Crippen LogP contribution in [-0.2, 0) is 9.84 Å². The molecule has 2 N–H and O–H groups in total. The molecule has 0 bridgehead atoms. The minimum Gasteiger partial charge on any atom is -0.356 e. The van der Waals surface area contributed by atoms with E-state index in [-0.39, 0.29) is 5.92 Å². The van der Waals surface area contributed by atoms with E-state index in [1.165, 1.54) is 25.7 Å². The van der Waals surface area contributed by atoms with E-state index in [1.54, 1.807) is 0 Å². The molecule has 22 heavy (non-hydrogen) atoms. The average molecular weight is 330 g/mol. The number of aliphatic imine (C=N–C) groups is 1. The Morgan fingerprint density at radius 3 is 2.73 bits per heavy atom. The highest BCUT2D eigenvalue weighted by atomic mass is 32.2. The molecule has 0 amide bonds. The molecule has 0 aromatic carbocycles. The zero-order chi connectivity index (χ0) is 16.0. The monoisotopic (exact) mass is 329 g/mol. The molecule has 1 heterocycles. The normalized spacial score (nSPS) is 31.9. The Kier molecular flexibility index (Phi) is 6.53. The molecule has 6 heteroatoms. The Balaban J connectivity index is 1.88. The highest BCUT2D eigenvalue weighted by Crippen LogP contribution is 2.23. The first-order chi connectivity index (χ1) is 10.5. The molecule has 3 atom stereocenters. The van der Waals surface area contributed by atoms with E-state index in [9.17, 15) is 8.42 Å². The molecule has 128 valence electrons. The van der Waals surface area contributed by atoms with E-state index < -0.39 is 9.84 Å². The molecule has 1 aliphatic heterocycles. The number of rotatable bonds is 5. The van der Waals surface area contributed by atoms with Crippen molar-refractivity contribution in [3.05, 3.63) is 0 Å². The van der Waals surface area contributed by atoms with Crippen LogP contribution in [-0.4, -0.2) is 45.0 Å². The van der Waals surface area contributed by atoms with E-state index >= 15 is 0 Å². The van der Waals surface area contributed by atoms with Crippen LogP contribution in [0.1, 0.15) is 52.4 Å². The largest absolute Gasteiger partial charge is 0.356 e. The lowest BCUT2D eigenvalue weighted by Gasteiger charge is -2.29. The van der Waals surface area contributed by atoms with Gasteiger partial charge in [-0.05, 0) is 37.5 Å². The molecule has 1 aliphatic carbocycles. The van der Waals surface area contributed by atoms with E-state index in [1.807, 2.05) is 0 Å². The Bertz CT molecular complexity index is 476. The highest BCUT2D eigenvalue weighted by molar-refractivity contribution is 7.91. The van der Waals surface area contributed by atoms with Crippen molar-refractivity contribution in [2.45, 2.75) is 58.4 Å². The van der Waals surface area contributed by atoms with Crippen molar-refractivity contribution in [1.29, 1.82) is 0 Å². The predicted octanol–water partition coefficient (Wildman–Crippen LogP) is 1.94. The van der Waals surface area contributed by atoms with E-state index in [0.717, 1.165) is 31.3 Å². The highest BCUT2D eigenvalue weighted by Gasteiger charge is 2.27. The summed E-state index contributed by atoms with van der Waals surface area (Å²) < 4.78 is 23.1. The van der Waals surface area contributed by atoms with Crippen molar-refractivity contribution in [2.24, 2.45) is 16.8 Å². The topological polar surface area (TPSA) is 70.6 Å². The van der Waals surface area contributed by atoms with Gasteiger partial charge in [-0.2, -0.15) is 0 Å². The molecule has 5 nitrogen and oxygen atoms in total. The first-order valence-electron chi connectivity index (χ1n) is 8.73. The fourth-order valence-electron chi connectivity index (χ4n) is 3.39. The zero-order valence-corrected chi connectivity index (χ0v) is 14.8. The third-order valence-electron chi connectivity index (χ3n) is 4.65. The number of nitrogens with one attached hydrogen (secondary N) is 2. The predicted molar refractivity (Wildman–Crippen MR) is 91.9 cm³/mol. The summed E-state index contributed by atoms with van der Waals surface area (Å²) in [5, 5.41) is 6.92. The van der Waals surface area contributed by atoms with Crippen LogP contribution >= 0.6 is 0 Å². The quantitative estimate of drug-likeness (QED) is 0.597. The maximum absolute atomic E-state index is 11.5. The second kappa shape index (κ2) is 8.18. The molecule has 0 spiro atoms. The average Bonchev–Trinajstić information content (AvgIpc) is 2.81. The van der Waals surface area contributed by atoms with Gasteiger partial charge in [0.25, 0.3) is 0 Å². The number of hydrogen-bond acceptors (Lipinski definition) is 3. The standard InChI is InChI=1S/C16H31N3O2S/c1-3-8-17-16(19-15-6-4-5-13(2)10-15)18-11-14-7-9-22(20,21)12-14/h13-15H,3-12H2,1-2H3,(H2,17,18,19). The van der Waals surface area contributed by atoms with Crippen molar-refractivity contribution in [3.8, 4) is 0 Å². The fourth-order valence-corrected chi connectivity index (χ4v) is 5.24. The van der Waals surface area contributed by atoms with Gasteiger partial charge in [0.05, 0.1) is 11.5 Å². The number of sulfone groups is 1. The summed E-state index contributed by atoms with van der Waals surface area (Å²) in [6.07, 6.45) is 6.82. The Morgan fingerprint density at radius 1 is 1.27 bits per heavy atom. The van der Waals surface area contributed by atoms with Gasteiger partial charge in [-0.3, -0.25) is 4.99 Å². The van der Waals surface area contributed by atoms with Gasteiger partial charge in [0.1, 0.15) is 0 Å². The first-order valence-corrected chi connectivity index (χ1v) is 10.6. The van der Waals surface area contributed by atoms with Gasteiger partial charge in [-0.25, -0.2) is 8.42 Å². The Morgan fingerprint density at radius 2 is 2.09 bits per heavy atom. The smallest absolute Gasteiger partial charge is 0.191 e. The van der Waals surface area contributed by atoms with Crippen LogP contribution in [0.25, 0.3) is 0 Å². The number of guanidine groups is 1. The molecule has 2 aliphatic rings. The second-order valence-corrected chi connectivity index (χ2v) is 9.23. The lowest BCUT2D eigenvalue weighted by molar-refractivity contribution is 0.324. The summed E-state index contributed by atoms with van der Waals surface area (Å²) in [4.78, 5) is 4.66. The maximum Gasteiger partial charge on any atom is 0.191 e. The summed E-state index contributed by atoms with van der Waals surface area (Å²) >= 11 is 0. The van der Waals surface area contributed by atoms with Crippen LogP contribution in [0, 0.1) is 11.8 Å². The number of hydrogen-bond donors (Lipinski definition) is 2. The van der Waals surface area contributed by atoms with E-state index in [0.29, 0.717) is 24.1 Å². The molecule has 0 aromatic rings. The van der Waals surface area contributed by atoms with Gasteiger partial charge in [-0.1, -0.05) is 26.7 Å². The lowest BCUT2D eigenvalue weighted by atomic mass is 9.87. The van der Waals surface area contributed by atoms with Gasteiger partial charge >= 0.3 is 0 Å². The van der Waals surface area contributed by atoms with Gasteiger partial charge < -0.3 is 10.6 Å². The first kappa shape index (κ1) is 17.6. The third kappa shape index (κ3) is 5.78. The van der Waals surface area contributed by atoms with Gasteiger partial charge in [0, 0.05) is 19.1 Å². The molecular formula is C16H31N3O2S. The van der Waals surface area contributed by atoms with Gasteiger partial charge in [0.15, 0.2) is 15.8 Å². The minimum atomic E-state index is -2.80. The molecule has 2 rings (SSSR count). The molecule has 0 radical (unpaired) electrons. The molecule has 1 saturated carbocycles. The van der Waals surface area contributed by atoms with Crippen molar-refractivity contribution in [1.82, 2.24) is 10.6 Å². The van der Waals surface area contributed by atoms with E-state index in [4.69, 9.17) is 0 Å². The zero-order valence-electron chi connectivity index (χ0n) is 14.0. The van der Waals surface area contributed by atoms with Crippen LogP contribution in [0.15, 0.2) is 4.99 Å². The molecule has 1 saturated heterocycles. The molecular weight excluding hydrogens is 298 g/mol. The Labute approximate surface area is 135 Å². The van der Waals surface area contributed by atoms with Crippen molar-refractivity contribution >= 4 is 15.8 Å². The van der Waals surface area contributed by atoms with Crippen LogP contribution in [0.2, 0.25) is 0 Å². The van der Waals surface area contributed by atoms with Gasteiger partial charge in [0.2, 0.25) is 0 Å². The Hall–Kier alpha value is -0.780. The summed E-state index contributed by atoms with van der Waals surface area (Å²) in [6, 6.07) is 0.499. The molecule has 3 unspecified atom stereocenters. The van der Waals surface area contributed by atoms with Crippen LogP contribution in [0.5, 0.6) is 0 Å². The lowest BCUT2D eigenvalue weighted by Crippen LogP contribution is -2.45. The van der Waals surface area contributed by atoms with Crippen molar-refractivity contribution in [3.63, 3.8) is 0 Å². The fraction of sp³-hybridized carbons (Fsp3) is 0.938. The molecule has 0 aromatic heterocycles. The number of nitrogens with zero attached hydrogens (tertiary/aromatic N) is 1. The minimum absolute atomic E-state index is 0.190. The third-order valence-corrected chi connectivity index (χ3v) is 6.49. The maximum atomic E-state index is 11.5. The van der Waals surface area contributed by atoms with Crippen molar-refractivity contribution in [2.75, 3.05) is 24.6 Å². The summed E-state index contributed by atoms with van der Waals surface area (Å²) in [5.41, 5.74) is 0. The SMILES string of the molecule is CCCNC(=NCC1CCS(=O)(=O)C1)NC1CCCC(C)C1. The second-order valence-electron chi connectivity index (χ2n) is 7.00. The van der Waals surface area contributed by atoms with Crippen molar-refractivity contribution < 1.29 is 8.42 Å². The summed E-state index contributed by atoms with van der Waals surface area (Å²) in [7, 11) is -2.80. The summed E-state index contributed by atoms with van der Waals surface area (Å²) in [6.45, 7) is 5.96. The summed E-state index contributed by atoms with van der Waals surface area (Å²) in [5.74, 6) is 2.47. The molecule has 2 fully saturated rings.